The molecule has 0 spiro atoms. The molecular formula is C18H18N4O2. The van der Waals surface area contributed by atoms with Gasteiger partial charge < -0.3 is 5.73 Å². The maximum absolute atomic E-state index is 10.4. The van der Waals surface area contributed by atoms with E-state index in [9.17, 15) is 10.1 Å². The van der Waals surface area contributed by atoms with Crippen molar-refractivity contribution >= 4 is 23.8 Å². The second-order valence-electron chi connectivity index (χ2n) is 5.67. The van der Waals surface area contributed by atoms with Crippen molar-refractivity contribution in [2.75, 3.05) is 18.8 Å². The molecule has 6 nitrogen and oxygen atoms in total. The molecule has 24 heavy (non-hydrogen) atoms. The Kier molecular flexibility index (Phi) is 4.65. The second kappa shape index (κ2) is 7.04. The van der Waals surface area contributed by atoms with Gasteiger partial charge in [-0.2, -0.15) is 0 Å². The monoisotopic (exact) mass is 322 g/mol. The molecule has 0 saturated carbocycles. The lowest BCUT2D eigenvalue weighted by atomic mass is 10.0. The average Bonchev–Trinajstić information content (AvgIpc) is 2.61. The first kappa shape index (κ1) is 15.9. The molecule has 0 aromatic heterocycles. The molecule has 2 N–H and O–H groups in total. The van der Waals surface area contributed by atoms with Gasteiger partial charge in [-0.3, -0.25) is 20.1 Å². The zero-order chi connectivity index (χ0) is 16.9. The van der Waals surface area contributed by atoms with Crippen LogP contribution in [-0.4, -0.2) is 30.4 Å². The highest BCUT2D eigenvalue weighted by atomic mass is 16.6. The molecule has 2 aromatic carbocycles. The maximum Gasteiger partial charge on any atom is 0.270 e. The number of fused-ring (bicyclic) bond motifs is 2. The molecule has 6 heteroatoms. The van der Waals surface area contributed by atoms with Crippen LogP contribution < -0.4 is 5.73 Å². The SMILES string of the molecule is Nc1ccc2c(c1)C=NCC2.O=[N+]([O-])c1ccc2c(c1)C=NCC2. The molecule has 0 amide bonds. The molecule has 2 aromatic rings. The van der Waals surface area contributed by atoms with Crippen molar-refractivity contribution in [1.82, 2.24) is 0 Å². The maximum atomic E-state index is 10.4. The predicted molar refractivity (Wildman–Crippen MR) is 96.3 cm³/mol. The fraction of sp³-hybridized carbons (Fsp3) is 0.222. The van der Waals surface area contributed by atoms with E-state index in [1.54, 1.807) is 18.3 Å². The fourth-order valence-electron chi connectivity index (χ4n) is 2.70. The number of nitrogens with two attached hydrogens (primary N) is 1. The largest absolute Gasteiger partial charge is 0.399 e. The first-order valence-corrected chi connectivity index (χ1v) is 7.79. The molecule has 0 unspecified atom stereocenters. The lowest BCUT2D eigenvalue weighted by Gasteiger charge is -2.09. The summed E-state index contributed by atoms with van der Waals surface area (Å²) in [6.07, 6.45) is 5.52. The van der Waals surface area contributed by atoms with E-state index in [0.29, 0.717) is 0 Å². The predicted octanol–water partition coefficient (Wildman–Crippen LogP) is 2.81. The Morgan fingerprint density at radius 3 is 2.12 bits per heavy atom. The molecule has 0 radical (unpaired) electrons. The molecular weight excluding hydrogens is 304 g/mol. The number of aliphatic imine (C=N–C) groups is 2. The van der Waals surface area contributed by atoms with Gasteiger partial charge in [0, 0.05) is 48.9 Å². The van der Waals surface area contributed by atoms with E-state index in [1.165, 1.54) is 17.2 Å². The van der Waals surface area contributed by atoms with Gasteiger partial charge in [-0.25, -0.2) is 0 Å². The van der Waals surface area contributed by atoms with Crippen LogP contribution >= 0.6 is 0 Å². The van der Waals surface area contributed by atoms with Gasteiger partial charge >= 0.3 is 0 Å². The summed E-state index contributed by atoms with van der Waals surface area (Å²) >= 11 is 0. The van der Waals surface area contributed by atoms with Gasteiger partial charge in [-0.1, -0.05) is 12.1 Å². The van der Waals surface area contributed by atoms with Crippen molar-refractivity contribution in [2.45, 2.75) is 12.8 Å². The van der Waals surface area contributed by atoms with Crippen LogP contribution in [0.15, 0.2) is 46.4 Å². The third kappa shape index (κ3) is 3.65. The Bertz CT molecular complexity index is 828. The summed E-state index contributed by atoms with van der Waals surface area (Å²) in [4.78, 5) is 18.3. The van der Waals surface area contributed by atoms with Gasteiger partial charge in [0.25, 0.3) is 5.69 Å². The zero-order valence-electron chi connectivity index (χ0n) is 13.2. The number of hydrogen-bond donors (Lipinski definition) is 1. The van der Waals surface area contributed by atoms with Crippen LogP contribution in [0.4, 0.5) is 11.4 Å². The first-order valence-electron chi connectivity index (χ1n) is 7.79. The first-order chi connectivity index (χ1) is 11.6. The molecule has 0 bridgehead atoms. The Labute approximate surface area is 139 Å². The smallest absolute Gasteiger partial charge is 0.270 e. The third-order valence-corrected chi connectivity index (χ3v) is 3.99. The Morgan fingerprint density at radius 2 is 1.50 bits per heavy atom. The van der Waals surface area contributed by atoms with Crippen LogP contribution in [0.3, 0.4) is 0 Å². The van der Waals surface area contributed by atoms with Crippen LogP contribution in [0.2, 0.25) is 0 Å². The van der Waals surface area contributed by atoms with E-state index < -0.39 is 0 Å². The van der Waals surface area contributed by atoms with Gasteiger partial charge in [-0.15, -0.1) is 0 Å². The summed E-state index contributed by atoms with van der Waals surface area (Å²) in [5, 5.41) is 10.4. The Balaban J connectivity index is 0.000000143. The van der Waals surface area contributed by atoms with Crippen molar-refractivity contribution in [3.8, 4) is 0 Å². The molecule has 0 atom stereocenters. The van der Waals surface area contributed by atoms with Crippen molar-refractivity contribution < 1.29 is 4.92 Å². The molecule has 2 aliphatic heterocycles. The molecule has 2 heterocycles. The van der Waals surface area contributed by atoms with E-state index in [4.69, 9.17) is 5.73 Å². The number of nitro groups is 1. The standard InChI is InChI=1S/C9H8N2O2.C9H10N2/c12-11(13)9-2-1-7-3-4-10-6-8(7)5-9;10-9-2-1-7-3-4-11-6-8(7)5-9/h1-2,5-6H,3-4H2;1-2,5-6H,3-4,10H2. The van der Waals surface area contributed by atoms with Crippen molar-refractivity contribution in [3.63, 3.8) is 0 Å². The number of non-ortho nitro benzene ring substituents is 1. The van der Waals surface area contributed by atoms with Crippen LogP contribution in [-0.2, 0) is 12.8 Å². The number of hydrogen-bond acceptors (Lipinski definition) is 5. The summed E-state index contributed by atoms with van der Waals surface area (Å²) in [7, 11) is 0. The fourth-order valence-corrected chi connectivity index (χ4v) is 2.70. The van der Waals surface area contributed by atoms with Gasteiger partial charge in [-0.05, 0) is 41.7 Å². The van der Waals surface area contributed by atoms with Gasteiger partial charge in [0.1, 0.15) is 0 Å². The van der Waals surface area contributed by atoms with E-state index in [-0.39, 0.29) is 10.6 Å². The van der Waals surface area contributed by atoms with Gasteiger partial charge in [0.05, 0.1) is 4.92 Å². The minimum atomic E-state index is -0.386. The molecule has 0 saturated heterocycles. The van der Waals surface area contributed by atoms with Gasteiger partial charge in [0.15, 0.2) is 0 Å². The molecule has 0 fully saturated rings. The van der Waals surface area contributed by atoms with Gasteiger partial charge in [0.2, 0.25) is 0 Å². The average molecular weight is 322 g/mol. The lowest BCUT2D eigenvalue weighted by Crippen LogP contribution is -2.03. The number of anilines is 1. The highest BCUT2D eigenvalue weighted by molar-refractivity contribution is 5.84. The van der Waals surface area contributed by atoms with Crippen molar-refractivity contribution in [2.24, 2.45) is 9.98 Å². The lowest BCUT2D eigenvalue weighted by molar-refractivity contribution is -0.384. The number of nitrogen functional groups attached to an aromatic ring is 1. The molecule has 0 aliphatic carbocycles. The van der Waals surface area contributed by atoms with Crippen molar-refractivity contribution in [3.05, 3.63) is 68.8 Å². The number of rotatable bonds is 1. The molecule has 4 rings (SSSR count). The van der Waals surface area contributed by atoms with E-state index in [0.717, 1.165) is 42.7 Å². The van der Waals surface area contributed by atoms with E-state index in [2.05, 4.69) is 16.1 Å². The summed E-state index contributed by atoms with van der Waals surface area (Å²) in [6.45, 7) is 1.70. The minimum Gasteiger partial charge on any atom is -0.399 e. The van der Waals surface area contributed by atoms with E-state index in [1.807, 2.05) is 18.3 Å². The zero-order valence-corrected chi connectivity index (χ0v) is 13.2. The number of benzene rings is 2. The van der Waals surface area contributed by atoms with Crippen LogP contribution in [0, 0.1) is 10.1 Å². The van der Waals surface area contributed by atoms with E-state index >= 15 is 0 Å². The van der Waals surface area contributed by atoms with Crippen LogP contribution in [0.25, 0.3) is 0 Å². The normalized spacial score (nSPS) is 14.2. The Hall–Kier alpha value is -3.02. The third-order valence-electron chi connectivity index (χ3n) is 3.99. The van der Waals surface area contributed by atoms with Crippen molar-refractivity contribution in [1.29, 1.82) is 0 Å². The summed E-state index contributed by atoms with van der Waals surface area (Å²) in [6, 6.07) is 10.9. The molecule has 2 aliphatic rings. The number of nitro benzene ring substituents is 1. The quantitative estimate of drug-likeness (QED) is 0.497. The minimum absolute atomic E-state index is 0.132. The van der Waals surface area contributed by atoms with Crippen LogP contribution in [0.1, 0.15) is 22.3 Å². The second-order valence-corrected chi connectivity index (χ2v) is 5.67. The summed E-state index contributed by atoms with van der Waals surface area (Å²) < 4.78 is 0. The molecule has 122 valence electrons. The topological polar surface area (TPSA) is 93.9 Å². The summed E-state index contributed by atoms with van der Waals surface area (Å²) in [5.74, 6) is 0. The number of nitrogens with zero attached hydrogens (tertiary/aromatic N) is 3. The van der Waals surface area contributed by atoms with Crippen LogP contribution in [0.5, 0.6) is 0 Å². The Morgan fingerprint density at radius 1 is 0.917 bits per heavy atom. The highest BCUT2D eigenvalue weighted by Crippen LogP contribution is 2.19. The highest BCUT2D eigenvalue weighted by Gasteiger charge is 2.11. The summed E-state index contributed by atoms with van der Waals surface area (Å²) in [5.41, 5.74) is 11.1.